The minimum Gasteiger partial charge on any atom is -0.365 e. The molecule has 0 aliphatic rings. The van der Waals surface area contributed by atoms with Gasteiger partial charge in [-0.2, -0.15) is 4.89 Å². The van der Waals surface area contributed by atoms with E-state index in [1.807, 2.05) is 0 Å². The predicted molar refractivity (Wildman–Crippen MR) is 18.5 cm³/mol. The Morgan fingerprint density at radius 2 is 2.43 bits per heavy atom. The van der Waals surface area contributed by atoms with Crippen LogP contribution in [0.25, 0.3) is 0 Å². The molecule has 0 unspecified atom stereocenters. The molecule has 0 aromatic carbocycles. The molecule has 7 heavy (non-hydrogen) atoms. The summed E-state index contributed by atoms with van der Waals surface area (Å²) in [6, 6.07) is 0. The first-order valence-corrected chi connectivity index (χ1v) is 1.71. The summed E-state index contributed by atoms with van der Waals surface area (Å²) in [6.45, 7) is 0. The highest BCUT2D eigenvalue weighted by Crippen LogP contribution is 1.84. The maximum atomic E-state index is 9.40. The SMILES string of the molecule is [O]O[C@@H](O)CC=O. The van der Waals surface area contributed by atoms with E-state index in [4.69, 9.17) is 10.4 Å². The maximum absolute atomic E-state index is 9.40. The van der Waals surface area contributed by atoms with Gasteiger partial charge in [0, 0.05) is 0 Å². The van der Waals surface area contributed by atoms with Crippen LogP contribution in [0.1, 0.15) is 6.42 Å². The standard InChI is InChI=1S/C3H5O4/c4-2-1-3(5)7-6/h2-3,5H,1H2/t3-/m1/s1. The molecule has 1 radical (unpaired) electrons. The lowest BCUT2D eigenvalue weighted by atomic mass is 10.5. The molecule has 0 aromatic heterocycles. The Bertz CT molecular complexity index is 52.9. The Morgan fingerprint density at radius 3 is 2.57 bits per heavy atom. The molecule has 0 aromatic rings. The zero-order valence-electron chi connectivity index (χ0n) is 3.53. The summed E-state index contributed by atoms with van der Waals surface area (Å²) in [4.78, 5) is 12.5. The van der Waals surface area contributed by atoms with Crippen molar-refractivity contribution in [1.82, 2.24) is 0 Å². The number of hydrogen-bond acceptors (Lipinski definition) is 3. The van der Waals surface area contributed by atoms with Gasteiger partial charge in [0.15, 0.2) is 6.29 Å². The van der Waals surface area contributed by atoms with Gasteiger partial charge in [-0.3, -0.25) is 0 Å². The molecular formula is C3H5O4. The second kappa shape index (κ2) is 3.73. The third-order valence-corrected chi connectivity index (χ3v) is 0.409. The minimum absolute atomic E-state index is 0.260. The van der Waals surface area contributed by atoms with Crippen molar-refractivity contribution in [2.24, 2.45) is 0 Å². The van der Waals surface area contributed by atoms with E-state index in [2.05, 4.69) is 4.89 Å². The van der Waals surface area contributed by atoms with E-state index in [0.29, 0.717) is 6.29 Å². The Balaban J connectivity index is 2.98. The summed E-state index contributed by atoms with van der Waals surface area (Å²) in [5, 5.41) is 17.2. The smallest absolute Gasteiger partial charge is 0.198 e. The summed E-state index contributed by atoms with van der Waals surface area (Å²) >= 11 is 0. The molecule has 4 nitrogen and oxygen atoms in total. The van der Waals surface area contributed by atoms with Gasteiger partial charge < -0.3 is 9.90 Å². The molecule has 1 N–H and O–H groups in total. The number of hydrogen-bond donors (Lipinski definition) is 1. The lowest BCUT2D eigenvalue weighted by Gasteiger charge is -1.94. The molecule has 1 atom stereocenters. The molecule has 0 saturated heterocycles. The molecule has 0 heterocycles. The molecule has 0 amide bonds. The Hall–Kier alpha value is -0.450. The van der Waals surface area contributed by atoms with Crippen LogP contribution in [-0.2, 0) is 14.9 Å². The Morgan fingerprint density at radius 1 is 1.86 bits per heavy atom. The van der Waals surface area contributed by atoms with Crippen molar-refractivity contribution in [3.05, 3.63) is 0 Å². The highest BCUT2D eigenvalue weighted by molar-refractivity contribution is 5.49. The van der Waals surface area contributed by atoms with Crippen LogP contribution >= 0.6 is 0 Å². The fourth-order valence-corrected chi connectivity index (χ4v) is 0.122. The minimum atomic E-state index is -1.47. The van der Waals surface area contributed by atoms with Gasteiger partial charge in [0.2, 0.25) is 0 Å². The summed E-state index contributed by atoms with van der Waals surface area (Å²) in [5.74, 6) is 0. The molecule has 0 aliphatic carbocycles. The summed E-state index contributed by atoms with van der Waals surface area (Å²) in [7, 11) is 0. The van der Waals surface area contributed by atoms with Crippen molar-refractivity contribution >= 4 is 6.29 Å². The van der Waals surface area contributed by atoms with E-state index in [1.54, 1.807) is 0 Å². The molecule has 41 valence electrons. The Labute approximate surface area is 40.3 Å². The Kier molecular flexibility index (Phi) is 3.49. The van der Waals surface area contributed by atoms with Crippen molar-refractivity contribution in [3.63, 3.8) is 0 Å². The van der Waals surface area contributed by atoms with Gasteiger partial charge in [-0.1, -0.05) is 0 Å². The number of carbonyl (C=O) groups is 1. The second-order valence-electron chi connectivity index (χ2n) is 0.953. The van der Waals surface area contributed by atoms with Gasteiger partial charge in [-0.05, 0) is 5.26 Å². The molecule has 0 saturated carbocycles. The molecule has 0 bridgehead atoms. The van der Waals surface area contributed by atoms with Crippen molar-refractivity contribution < 1.29 is 20.0 Å². The lowest BCUT2D eigenvalue weighted by Crippen LogP contribution is -2.07. The summed E-state index contributed by atoms with van der Waals surface area (Å²) < 4.78 is 0. The number of rotatable bonds is 3. The van der Waals surface area contributed by atoms with Crippen LogP contribution in [0, 0.1) is 0 Å². The second-order valence-corrected chi connectivity index (χ2v) is 0.953. The number of carbonyl (C=O) groups excluding carboxylic acids is 1. The third kappa shape index (κ3) is 3.38. The van der Waals surface area contributed by atoms with Crippen LogP contribution in [-0.4, -0.2) is 17.7 Å². The van der Waals surface area contributed by atoms with E-state index in [-0.39, 0.29) is 6.42 Å². The van der Waals surface area contributed by atoms with Crippen molar-refractivity contribution in [1.29, 1.82) is 0 Å². The first kappa shape index (κ1) is 6.55. The number of aldehydes is 1. The van der Waals surface area contributed by atoms with Crippen LogP contribution in [0.15, 0.2) is 0 Å². The molecular weight excluding hydrogens is 100 g/mol. The van der Waals surface area contributed by atoms with E-state index < -0.39 is 6.29 Å². The highest BCUT2D eigenvalue weighted by Gasteiger charge is 1.99. The van der Waals surface area contributed by atoms with Gasteiger partial charge in [0.1, 0.15) is 6.29 Å². The zero-order chi connectivity index (χ0) is 5.70. The third-order valence-electron chi connectivity index (χ3n) is 0.409. The average Bonchev–Trinajstić information content (AvgIpc) is 1.68. The maximum Gasteiger partial charge on any atom is 0.198 e. The fourth-order valence-electron chi connectivity index (χ4n) is 0.122. The largest absolute Gasteiger partial charge is 0.365 e. The van der Waals surface area contributed by atoms with Crippen LogP contribution in [0.2, 0.25) is 0 Å². The molecule has 0 fully saturated rings. The topological polar surface area (TPSA) is 66.4 Å². The quantitative estimate of drug-likeness (QED) is 0.222. The average molecular weight is 105 g/mol. The van der Waals surface area contributed by atoms with E-state index in [9.17, 15) is 4.79 Å². The first-order valence-electron chi connectivity index (χ1n) is 1.71. The molecule has 4 heteroatoms. The van der Waals surface area contributed by atoms with Crippen molar-refractivity contribution in [2.75, 3.05) is 0 Å². The van der Waals surface area contributed by atoms with Crippen molar-refractivity contribution in [2.45, 2.75) is 12.7 Å². The van der Waals surface area contributed by atoms with E-state index >= 15 is 0 Å². The predicted octanol–water partition coefficient (Wildman–Crippen LogP) is -0.744. The van der Waals surface area contributed by atoms with Crippen LogP contribution < -0.4 is 0 Å². The molecule has 0 aliphatic heterocycles. The highest BCUT2D eigenvalue weighted by atomic mass is 17.1. The van der Waals surface area contributed by atoms with Gasteiger partial charge in [-0.25, -0.2) is 0 Å². The normalized spacial score (nSPS) is 13.4. The van der Waals surface area contributed by atoms with Gasteiger partial charge >= 0.3 is 0 Å². The monoisotopic (exact) mass is 105 g/mol. The molecule has 0 spiro atoms. The zero-order valence-corrected chi connectivity index (χ0v) is 3.53. The van der Waals surface area contributed by atoms with Crippen LogP contribution in [0.4, 0.5) is 0 Å². The lowest BCUT2D eigenvalue weighted by molar-refractivity contribution is -0.379. The number of aliphatic hydroxyl groups is 1. The van der Waals surface area contributed by atoms with Crippen LogP contribution in [0.5, 0.6) is 0 Å². The molecule has 0 rings (SSSR count). The van der Waals surface area contributed by atoms with E-state index in [1.165, 1.54) is 0 Å². The van der Waals surface area contributed by atoms with Gasteiger partial charge in [-0.15, -0.1) is 0 Å². The van der Waals surface area contributed by atoms with E-state index in [0.717, 1.165) is 0 Å². The first-order chi connectivity index (χ1) is 3.31. The van der Waals surface area contributed by atoms with Gasteiger partial charge in [0.05, 0.1) is 6.42 Å². The van der Waals surface area contributed by atoms with Crippen LogP contribution in [0.3, 0.4) is 0 Å². The summed E-state index contributed by atoms with van der Waals surface area (Å²) in [5.41, 5.74) is 0. The summed E-state index contributed by atoms with van der Waals surface area (Å²) in [6.07, 6.45) is -1.33. The van der Waals surface area contributed by atoms with Crippen molar-refractivity contribution in [3.8, 4) is 0 Å². The fraction of sp³-hybridized carbons (Fsp3) is 0.667. The number of aliphatic hydroxyl groups excluding tert-OH is 1. The van der Waals surface area contributed by atoms with Gasteiger partial charge in [0.25, 0.3) is 0 Å².